The summed E-state index contributed by atoms with van der Waals surface area (Å²) in [5, 5.41) is 9.23. The van der Waals surface area contributed by atoms with Crippen molar-refractivity contribution in [1.82, 2.24) is 0 Å². The molecule has 2 aromatic rings. The van der Waals surface area contributed by atoms with Gasteiger partial charge in [0.1, 0.15) is 22.8 Å². The fourth-order valence-electron chi connectivity index (χ4n) is 1.72. The van der Waals surface area contributed by atoms with Crippen LogP contribution in [0.3, 0.4) is 0 Å². The van der Waals surface area contributed by atoms with Crippen LogP contribution in [-0.4, -0.2) is 17.7 Å². The van der Waals surface area contributed by atoms with Gasteiger partial charge in [-0.05, 0) is 47.1 Å². The number of benzene rings is 2. The Labute approximate surface area is 125 Å². The molecule has 0 aromatic heterocycles. The average molecular weight is 337 g/mol. The second-order valence-corrected chi connectivity index (χ2v) is 4.78. The van der Waals surface area contributed by atoms with Crippen molar-refractivity contribution < 1.29 is 19.4 Å². The Morgan fingerprint density at radius 1 is 1.20 bits per heavy atom. The van der Waals surface area contributed by atoms with Crippen LogP contribution in [0.25, 0.3) is 0 Å². The summed E-state index contributed by atoms with van der Waals surface area (Å²) in [6, 6.07) is 12.1. The highest BCUT2D eigenvalue weighted by Crippen LogP contribution is 2.31. The van der Waals surface area contributed by atoms with Crippen molar-refractivity contribution in [2.24, 2.45) is 0 Å². The maximum Gasteiger partial charge on any atom is 0.340 e. The standard InChI is InChI=1S/C15H13BrO4/c1-2-19-10-5-3-6-11(9-10)20-13-8-4-7-12(16)14(13)15(17)18/h3-9H,2H2,1H3,(H,17,18). The molecule has 0 radical (unpaired) electrons. The molecule has 0 aliphatic carbocycles. The number of halogens is 1. The molecule has 2 rings (SSSR count). The molecule has 0 saturated heterocycles. The number of carbonyl (C=O) groups is 1. The summed E-state index contributed by atoms with van der Waals surface area (Å²) in [4.78, 5) is 11.3. The maximum atomic E-state index is 11.3. The second kappa shape index (κ2) is 6.43. The van der Waals surface area contributed by atoms with Crippen LogP contribution in [0.2, 0.25) is 0 Å². The van der Waals surface area contributed by atoms with E-state index in [2.05, 4.69) is 15.9 Å². The lowest BCUT2D eigenvalue weighted by Gasteiger charge is -2.11. The second-order valence-electron chi connectivity index (χ2n) is 3.93. The number of rotatable bonds is 5. The molecule has 0 aliphatic heterocycles. The molecule has 1 N–H and O–H groups in total. The molecule has 4 nitrogen and oxygen atoms in total. The van der Waals surface area contributed by atoms with Gasteiger partial charge < -0.3 is 14.6 Å². The van der Waals surface area contributed by atoms with Crippen LogP contribution in [0.15, 0.2) is 46.9 Å². The lowest BCUT2D eigenvalue weighted by Crippen LogP contribution is -2.01. The van der Waals surface area contributed by atoms with Crippen molar-refractivity contribution in [2.75, 3.05) is 6.61 Å². The molecule has 104 valence electrons. The van der Waals surface area contributed by atoms with Gasteiger partial charge in [0.2, 0.25) is 0 Å². The predicted molar refractivity (Wildman–Crippen MR) is 78.8 cm³/mol. The molecule has 0 bridgehead atoms. The summed E-state index contributed by atoms with van der Waals surface area (Å²) < 4.78 is 11.5. The summed E-state index contributed by atoms with van der Waals surface area (Å²) in [5.41, 5.74) is 0.0920. The van der Waals surface area contributed by atoms with Gasteiger partial charge in [-0.1, -0.05) is 12.1 Å². The molecule has 0 spiro atoms. The Morgan fingerprint density at radius 2 is 1.90 bits per heavy atom. The SMILES string of the molecule is CCOc1cccc(Oc2cccc(Br)c2C(=O)O)c1. The predicted octanol–water partition coefficient (Wildman–Crippen LogP) is 4.34. The zero-order valence-corrected chi connectivity index (χ0v) is 12.4. The zero-order chi connectivity index (χ0) is 14.5. The van der Waals surface area contributed by atoms with Crippen LogP contribution in [0, 0.1) is 0 Å². The van der Waals surface area contributed by atoms with Gasteiger partial charge in [0.25, 0.3) is 0 Å². The minimum Gasteiger partial charge on any atom is -0.494 e. The number of carboxylic acids is 1. The third-order valence-corrected chi connectivity index (χ3v) is 3.19. The first-order valence-electron chi connectivity index (χ1n) is 6.04. The van der Waals surface area contributed by atoms with Gasteiger partial charge in [0.15, 0.2) is 0 Å². The van der Waals surface area contributed by atoms with Crippen LogP contribution >= 0.6 is 15.9 Å². The maximum absolute atomic E-state index is 11.3. The molecule has 0 atom stereocenters. The van der Waals surface area contributed by atoms with Gasteiger partial charge in [-0.15, -0.1) is 0 Å². The van der Waals surface area contributed by atoms with E-state index >= 15 is 0 Å². The first kappa shape index (κ1) is 14.4. The highest BCUT2D eigenvalue weighted by molar-refractivity contribution is 9.10. The molecule has 0 heterocycles. The van der Waals surface area contributed by atoms with Crippen LogP contribution in [-0.2, 0) is 0 Å². The Morgan fingerprint density at radius 3 is 2.60 bits per heavy atom. The molecule has 2 aromatic carbocycles. The largest absolute Gasteiger partial charge is 0.494 e. The molecular weight excluding hydrogens is 324 g/mol. The smallest absolute Gasteiger partial charge is 0.340 e. The number of ether oxygens (including phenoxy) is 2. The lowest BCUT2D eigenvalue weighted by atomic mass is 10.2. The van der Waals surface area contributed by atoms with Crippen molar-refractivity contribution >= 4 is 21.9 Å². The van der Waals surface area contributed by atoms with Crippen LogP contribution in [0.4, 0.5) is 0 Å². The number of carboxylic acid groups (broad SMARTS) is 1. The highest BCUT2D eigenvalue weighted by Gasteiger charge is 2.15. The lowest BCUT2D eigenvalue weighted by molar-refractivity contribution is 0.0693. The van der Waals surface area contributed by atoms with Gasteiger partial charge in [-0.2, -0.15) is 0 Å². The van der Waals surface area contributed by atoms with Gasteiger partial charge >= 0.3 is 5.97 Å². The van der Waals surface area contributed by atoms with Crippen molar-refractivity contribution in [3.8, 4) is 17.2 Å². The van der Waals surface area contributed by atoms with Crippen LogP contribution in [0.5, 0.6) is 17.2 Å². The third kappa shape index (κ3) is 3.30. The first-order valence-corrected chi connectivity index (χ1v) is 6.83. The monoisotopic (exact) mass is 336 g/mol. The third-order valence-electron chi connectivity index (χ3n) is 2.53. The van der Waals surface area contributed by atoms with Gasteiger partial charge in [0, 0.05) is 10.5 Å². The quantitative estimate of drug-likeness (QED) is 0.882. The summed E-state index contributed by atoms with van der Waals surface area (Å²) in [5.74, 6) is 0.433. The highest BCUT2D eigenvalue weighted by atomic mass is 79.9. The minimum absolute atomic E-state index is 0.0920. The molecule has 0 unspecified atom stereocenters. The molecule has 0 amide bonds. The van der Waals surface area contributed by atoms with E-state index in [-0.39, 0.29) is 11.3 Å². The zero-order valence-electron chi connectivity index (χ0n) is 10.8. The summed E-state index contributed by atoms with van der Waals surface area (Å²) in [6.45, 7) is 2.45. The molecule has 0 saturated carbocycles. The summed E-state index contributed by atoms with van der Waals surface area (Å²) in [7, 11) is 0. The Balaban J connectivity index is 2.32. The normalized spacial score (nSPS) is 10.1. The van der Waals surface area contributed by atoms with E-state index < -0.39 is 5.97 Å². The van der Waals surface area contributed by atoms with Gasteiger partial charge in [0.05, 0.1) is 6.61 Å². The van der Waals surface area contributed by atoms with E-state index in [0.717, 1.165) is 0 Å². The summed E-state index contributed by atoms with van der Waals surface area (Å²) in [6.07, 6.45) is 0. The molecule has 0 fully saturated rings. The topological polar surface area (TPSA) is 55.8 Å². The van der Waals surface area contributed by atoms with Crippen molar-refractivity contribution in [1.29, 1.82) is 0 Å². The van der Waals surface area contributed by atoms with Crippen molar-refractivity contribution in [3.63, 3.8) is 0 Å². The molecule has 0 aliphatic rings. The fourth-order valence-corrected chi connectivity index (χ4v) is 2.24. The van der Waals surface area contributed by atoms with E-state index in [1.54, 1.807) is 36.4 Å². The van der Waals surface area contributed by atoms with E-state index in [4.69, 9.17) is 9.47 Å². The van der Waals surface area contributed by atoms with E-state index in [0.29, 0.717) is 22.6 Å². The number of hydrogen-bond acceptors (Lipinski definition) is 3. The number of aromatic carboxylic acids is 1. The first-order chi connectivity index (χ1) is 9.61. The number of hydrogen-bond donors (Lipinski definition) is 1. The van der Waals surface area contributed by atoms with Crippen LogP contribution in [0.1, 0.15) is 17.3 Å². The summed E-state index contributed by atoms with van der Waals surface area (Å²) >= 11 is 3.21. The Kier molecular flexibility index (Phi) is 4.63. The molecule has 5 heteroatoms. The van der Waals surface area contributed by atoms with E-state index in [9.17, 15) is 9.90 Å². The average Bonchev–Trinajstić information content (AvgIpc) is 2.39. The molecule has 20 heavy (non-hydrogen) atoms. The van der Waals surface area contributed by atoms with E-state index in [1.165, 1.54) is 0 Å². The Hall–Kier alpha value is -2.01. The fraction of sp³-hybridized carbons (Fsp3) is 0.133. The van der Waals surface area contributed by atoms with Crippen molar-refractivity contribution in [3.05, 3.63) is 52.5 Å². The Bertz CT molecular complexity index is 625. The van der Waals surface area contributed by atoms with E-state index in [1.807, 2.05) is 13.0 Å². The van der Waals surface area contributed by atoms with Gasteiger partial charge in [-0.3, -0.25) is 0 Å². The van der Waals surface area contributed by atoms with Gasteiger partial charge in [-0.25, -0.2) is 4.79 Å². The molecular formula is C15H13BrO4. The minimum atomic E-state index is -1.05. The van der Waals surface area contributed by atoms with Crippen molar-refractivity contribution in [2.45, 2.75) is 6.92 Å². The van der Waals surface area contributed by atoms with Crippen LogP contribution < -0.4 is 9.47 Å².